The molecule has 1 aromatic carbocycles. The lowest BCUT2D eigenvalue weighted by molar-refractivity contribution is -0.122. The highest BCUT2D eigenvalue weighted by Gasteiger charge is 2.30. The van der Waals surface area contributed by atoms with Gasteiger partial charge < -0.3 is 10.4 Å². The summed E-state index contributed by atoms with van der Waals surface area (Å²) in [5.74, 6) is 1.67. The maximum atomic E-state index is 12.3. The van der Waals surface area contributed by atoms with Gasteiger partial charge in [0.25, 0.3) is 0 Å². The molecule has 3 atom stereocenters. The first kappa shape index (κ1) is 13.9. The van der Waals surface area contributed by atoms with Crippen molar-refractivity contribution in [3.8, 4) is 5.75 Å². The molecule has 104 valence electrons. The van der Waals surface area contributed by atoms with Crippen LogP contribution in [0.1, 0.15) is 38.7 Å². The van der Waals surface area contributed by atoms with Crippen LogP contribution in [0.15, 0.2) is 18.2 Å². The third-order valence-corrected chi connectivity index (χ3v) is 4.23. The summed E-state index contributed by atoms with van der Waals surface area (Å²) in [6.45, 7) is 6.26. The average molecular weight is 261 g/mol. The van der Waals surface area contributed by atoms with Crippen molar-refractivity contribution in [1.82, 2.24) is 0 Å². The highest BCUT2D eigenvalue weighted by molar-refractivity contribution is 5.93. The van der Waals surface area contributed by atoms with Crippen molar-refractivity contribution in [2.75, 3.05) is 5.32 Å². The zero-order chi connectivity index (χ0) is 14.0. The molecule has 1 saturated carbocycles. The number of benzene rings is 1. The van der Waals surface area contributed by atoms with Crippen molar-refractivity contribution in [3.63, 3.8) is 0 Å². The monoisotopic (exact) mass is 261 g/mol. The van der Waals surface area contributed by atoms with Gasteiger partial charge >= 0.3 is 0 Å². The molecule has 3 heteroatoms. The summed E-state index contributed by atoms with van der Waals surface area (Å²) in [7, 11) is 0. The van der Waals surface area contributed by atoms with Gasteiger partial charge in [-0.15, -0.1) is 0 Å². The van der Waals surface area contributed by atoms with E-state index in [4.69, 9.17) is 0 Å². The molecule has 1 aliphatic rings. The van der Waals surface area contributed by atoms with Crippen molar-refractivity contribution in [2.45, 2.75) is 40.0 Å². The predicted molar refractivity (Wildman–Crippen MR) is 77.1 cm³/mol. The van der Waals surface area contributed by atoms with Crippen LogP contribution >= 0.6 is 0 Å². The number of phenols is 1. The van der Waals surface area contributed by atoms with Gasteiger partial charge in [0.2, 0.25) is 5.91 Å². The van der Waals surface area contributed by atoms with E-state index in [1.807, 2.05) is 13.0 Å². The molecular formula is C16H23NO2. The third kappa shape index (κ3) is 3.28. The molecule has 0 aromatic heterocycles. The van der Waals surface area contributed by atoms with Crippen molar-refractivity contribution in [1.29, 1.82) is 0 Å². The largest absolute Gasteiger partial charge is 0.508 e. The van der Waals surface area contributed by atoms with E-state index in [-0.39, 0.29) is 17.6 Å². The van der Waals surface area contributed by atoms with Crippen LogP contribution in [-0.2, 0) is 4.79 Å². The fourth-order valence-electron chi connectivity index (χ4n) is 3.02. The molecule has 19 heavy (non-hydrogen) atoms. The van der Waals surface area contributed by atoms with E-state index < -0.39 is 0 Å². The third-order valence-electron chi connectivity index (χ3n) is 4.23. The smallest absolute Gasteiger partial charge is 0.227 e. The Hall–Kier alpha value is -1.51. The van der Waals surface area contributed by atoms with Gasteiger partial charge in [0.05, 0.1) is 0 Å². The van der Waals surface area contributed by atoms with Crippen LogP contribution in [0, 0.1) is 24.7 Å². The van der Waals surface area contributed by atoms with E-state index in [1.54, 1.807) is 12.1 Å². The Kier molecular flexibility index (Phi) is 4.13. The van der Waals surface area contributed by atoms with Crippen LogP contribution in [-0.4, -0.2) is 11.0 Å². The Bertz CT molecular complexity index is 470. The van der Waals surface area contributed by atoms with Gasteiger partial charge in [-0.1, -0.05) is 13.8 Å². The van der Waals surface area contributed by atoms with Gasteiger partial charge in [0.15, 0.2) is 0 Å². The summed E-state index contributed by atoms with van der Waals surface area (Å²) < 4.78 is 0. The summed E-state index contributed by atoms with van der Waals surface area (Å²) in [5.41, 5.74) is 1.55. The van der Waals surface area contributed by atoms with Crippen molar-refractivity contribution >= 4 is 11.6 Å². The standard InChI is InChI=1S/C16H23NO2/c1-10-4-6-14(11(2)8-10)16(19)17-13-5-7-15(18)12(3)9-13/h5,7,9-11,14,18H,4,6,8H2,1-3H3,(H,17,19). The number of rotatable bonds is 2. The number of aryl methyl sites for hydroxylation is 1. The van der Waals surface area contributed by atoms with Crippen LogP contribution in [0.4, 0.5) is 5.69 Å². The molecular weight excluding hydrogens is 238 g/mol. The molecule has 1 fully saturated rings. The second-order valence-corrected chi connectivity index (χ2v) is 5.99. The Balaban J connectivity index is 2.02. The lowest BCUT2D eigenvalue weighted by Gasteiger charge is -2.31. The maximum absolute atomic E-state index is 12.3. The lowest BCUT2D eigenvalue weighted by Crippen LogP contribution is -2.32. The molecule has 1 aliphatic carbocycles. The summed E-state index contributed by atoms with van der Waals surface area (Å²) in [6.07, 6.45) is 3.24. The fraction of sp³-hybridized carbons (Fsp3) is 0.562. The normalized spacial score (nSPS) is 27.0. The van der Waals surface area contributed by atoms with Crippen LogP contribution < -0.4 is 5.32 Å². The molecule has 2 N–H and O–H groups in total. The lowest BCUT2D eigenvalue weighted by atomic mass is 9.75. The molecule has 3 unspecified atom stereocenters. The minimum absolute atomic E-state index is 0.115. The number of anilines is 1. The number of nitrogens with one attached hydrogen (secondary N) is 1. The van der Waals surface area contributed by atoms with Crippen LogP contribution in [0.5, 0.6) is 5.75 Å². The number of hydrogen-bond donors (Lipinski definition) is 2. The number of carbonyl (C=O) groups excluding carboxylic acids is 1. The molecule has 0 bridgehead atoms. The van der Waals surface area contributed by atoms with E-state index in [0.29, 0.717) is 5.92 Å². The molecule has 3 nitrogen and oxygen atoms in total. The summed E-state index contributed by atoms with van der Waals surface area (Å²) >= 11 is 0. The van der Waals surface area contributed by atoms with Crippen LogP contribution in [0.3, 0.4) is 0 Å². The number of amides is 1. The Morgan fingerprint density at radius 1 is 1.32 bits per heavy atom. The quantitative estimate of drug-likeness (QED) is 0.797. The second kappa shape index (κ2) is 5.64. The zero-order valence-electron chi connectivity index (χ0n) is 11.9. The first-order valence-electron chi connectivity index (χ1n) is 7.08. The van der Waals surface area contributed by atoms with Crippen molar-refractivity contribution in [2.24, 2.45) is 17.8 Å². The number of aromatic hydroxyl groups is 1. The number of phenolic OH excluding ortho intramolecular Hbond substituents is 1. The highest BCUT2D eigenvalue weighted by atomic mass is 16.3. The van der Waals surface area contributed by atoms with Gasteiger partial charge in [-0.25, -0.2) is 0 Å². The summed E-state index contributed by atoms with van der Waals surface area (Å²) in [4.78, 5) is 12.3. The molecule has 0 saturated heterocycles. The van der Waals surface area contributed by atoms with E-state index >= 15 is 0 Å². The van der Waals surface area contributed by atoms with Gasteiger partial charge in [-0.3, -0.25) is 4.79 Å². The average Bonchev–Trinajstić information content (AvgIpc) is 2.33. The molecule has 1 amide bonds. The van der Waals surface area contributed by atoms with E-state index in [0.717, 1.165) is 36.4 Å². The Labute approximate surface area is 115 Å². The topological polar surface area (TPSA) is 49.3 Å². The van der Waals surface area contributed by atoms with E-state index in [1.165, 1.54) is 0 Å². The van der Waals surface area contributed by atoms with Crippen molar-refractivity contribution < 1.29 is 9.90 Å². The van der Waals surface area contributed by atoms with Gasteiger partial charge in [0.1, 0.15) is 5.75 Å². The molecule has 1 aromatic rings. The second-order valence-electron chi connectivity index (χ2n) is 5.99. The number of carbonyl (C=O) groups is 1. The summed E-state index contributed by atoms with van der Waals surface area (Å²) in [5, 5.41) is 12.5. The van der Waals surface area contributed by atoms with Gasteiger partial charge in [-0.05, 0) is 61.8 Å². The Morgan fingerprint density at radius 3 is 2.68 bits per heavy atom. The number of hydrogen-bond acceptors (Lipinski definition) is 2. The predicted octanol–water partition coefficient (Wildman–Crippen LogP) is 3.71. The first-order chi connectivity index (χ1) is 8.97. The first-order valence-corrected chi connectivity index (χ1v) is 7.08. The van der Waals surface area contributed by atoms with Crippen LogP contribution in [0.2, 0.25) is 0 Å². The molecule has 0 spiro atoms. The fourth-order valence-corrected chi connectivity index (χ4v) is 3.02. The van der Waals surface area contributed by atoms with Gasteiger partial charge in [-0.2, -0.15) is 0 Å². The SMILES string of the molecule is Cc1cc(NC(=O)C2CCC(C)CC2C)ccc1O. The zero-order valence-corrected chi connectivity index (χ0v) is 11.9. The molecule has 2 rings (SSSR count). The molecule has 0 aliphatic heterocycles. The maximum Gasteiger partial charge on any atom is 0.227 e. The minimum Gasteiger partial charge on any atom is -0.508 e. The summed E-state index contributed by atoms with van der Waals surface area (Å²) in [6, 6.07) is 5.18. The molecule has 0 heterocycles. The van der Waals surface area contributed by atoms with Gasteiger partial charge in [0, 0.05) is 11.6 Å². The Morgan fingerprint density at radius 2 is 2.05 bits per heavy atom. The molecule has 0 radical (unpaired) electrons. The van der Waals surface area contributed by atoms with Crippen molar-refractivity contribution in [3.05, 3.63) is 23.8 Å². The minimum atomic E-state index is 0.115. The van der Waals surface area contributed by atoms with E-state index in [2.05, 4.69) is 19.2 Å². The van der Waals surface area contributed by atoms with E-state index in [9.17, 15) is 9.90 Å². The van der Waals surface area contributed by atoms with Crippen LogP contribution in [0.25, 0.3) is 0 Å². The highest BCUT2D eigenvalue weighted by Crippen LogP contribution is 2.34.